The van der Waals surface area contributed by atoms with Gasteiger partial charge in [-0.25, -0.2) is 0 Å². The maximum atomic E-state index is 11.6. The van der Waals surface area contributed by atoms with E-state index in [4.69, 9.17) is 11.1 Å². The average molecular weight is 328 g/mol. The molecular weight excluding hydrogens is 300 g/mol. The molecule has 0 aromatic carbocycles. The van der Waals surface area contributed by atoms with Crippen LogP contribution >= 0.6 is 0 Å². The molecule has 8 nitrogen and oxygen atoms in total. The van der Waals surface area contributed by atoms with Crippen LogP contribution in [-0.4, -0.2) is 46.2 Å². The van der Waals surface area contributed by atoms with E-state index in [0.717, 1.165) is 12.8 Å². The largest absolute Gasteiger partial charge is 0.481 e. The minimum absolute atomic E-state index is 0.0994. The molecule has 0 radical (unpaired) electrons. The summed E-state index contributed by atoms with van der Waals surface area (Å²) >= 11 is 0. The number of amides is 1. The Balaban J connectivity index is 3.17. The number of aliphatic carboxylic acids is 1. The van der Waals surface area contributed by atoms with E-state index in [2.05, 4.69) is 10.6 Å². The summed E-state index contributed by atoms with van der Waals surface area (Å²) in [5.41, 5.74) is 5.40. The van der Waals surface area contributed by atoms with E-state index in [1.165, 1.54) is 6.92 Å². The van der Waals surface area contributed by atoms with E-state index in [1.54, 1.807) is 0 Å². The highest BCUT2D eigenvalue weighted by molar-refractivity contribution is 5.76. The van der Waals surface area contributed by atoms with Gasteiger partial charge in [0.25, 0.3) is 0 Å². The molecule has 1 rings (SSSR count). The number of carboxylic acid groups (broad SMARTS) is 1. The topological polar surface area (TPSA) is 149 Å². The Bertz CT molecular complexity index is 453. The van der Waals surface area contributed by atoms with Gasteiger partial charge < -0.3 is 26.6 Å². The summed E-state index contributed by atoms with van der Waals surface area (Å²) < 4.78 is 0. The molecule has 0 aliphatic heterocycles. The van der Waals surface area contributed by atoms with Crippen molar-refractivity contribution in [2.24, 2.45) is 23.5 Å². The predicted molar refractivity (Wildman–Crippen MR) is 85.8 cm³/mol. The Morgan fingerprint density at radius 3 is 2.30 bits per heavy atom. The fourth-order valence-corrected chi connectivity index (χ4v) is 3.70. The first kappa shape index (κ1) is 19.2. The van der Waals surface area contributed by atoms with Gasteiger partial charge in [0, 0.05) is 24.9 Å². The molecule has 132 valence electrons. The van der Waals surface area contributed by atoms with Crippen molar-refractivity contribution < 1.29 is 19.8 Å². The molecule has 1 saturated carbocycles. The van der Waals surface area contributed by atoms with Crippen molar-refractivity contribution in [1.82, 2.24) is 10.6 Å². The molecule has 1 aliphatic carbocycles. The molecule has 0 unspecified atom stereocenters. The third kappa shape index (κ3) is 4.57. The van der Waals surface area contributed by atoms with E-state index < -0.39 is 30.0 Å². The number of nitrogens with two attached hydrogens (primary N) is 1. The van der Waals surface area contributed by atoms with Crippen molar-refractivity contribution in [1.29, 1.82) is 5.41 Å². The zero-order chi connectivity index (χ0) is 17.7. The Morgan fingerprint density at radius 1 is 1.35 bits per heavy atom. The maximum Gasteiger partial charge on any atom is 0.309 e. The lowest BCUT2D eigenvalue weighted by atomic mass is 9.80. The summed E-state index contributed by atoms with van der Waals surface area (Å²) in [6.45, 7) is 5.39. The van der Waals surface area contributed by atoms with Gasteiger partial charge in [0.15, 0.2) is 5.96 Å². The summed E-state index contributed by atoms with van der Waals surface area (Å²) in [4.78, 5) is 23.0. The number of hydrogen-bond donors (Lipinski definition) is 6. The molecule has 0 bridgehead atoms. The van der Waals surface area contributed by atoms with E-state index in [0.29, 0.717) is 0 Å². The Hall–Kier alpha value is -1.83. The highest BCUT2D eigenvalue weighted by Gasteiger charge is 2.50. The average Bonchev–Trinajstić information content (AvgIpc) is 2.74. The Labute approximate surface area is 136 Å². The fraction of sp³-hybridized carbons (Fsp3) is 0.800. The van der Waals surface area contributed by atoms with Crippen LogP contribution in [0.3, 0.4) is 0 Å². The number of aliphatic hydroxyl groups excluding tert-OH is 1. The molecule has 23 heavy (non-hydrogen) atoms. The van der Waals surface area contributed by atoms with Gasteiger partial charge in [-0.2, -0.15) is 0 Å². The summed E-state index contributed by atoms with van der Waals surface area (Å²) in [6.07, 6.45) is 0.628. The summed E-state index contributed by atoms with van der Waals surface area (Å²) in [5.74, 6) is -2.95. The number of rotatable bonds is 7. The summed E-state index contributed by atoms with van der Waals surface area (Å²) in [6, 6.07) is -0.847. The molecule has 5 atom stereocenters. The molecule has 0 saturated heterocycles. The Morgan fingerprint density at radius 2 is 1.91 bits per heavy atom. The number of carbonyl (C=O) groups is 2. The van der Waals surface area contributed by atoms with E-state index in [-0.39, 0.29) is 30.2 Å². The van der Waals surface area contributed by atoms with Crippen LogP contribution in [0, 0.1) is 23.2 Å². The molecule has 0 aromatic rings. The highest BCUT2D eigenvalue weighted by atomic mass is 16.4. The van der Waals surface area contributed by atoms with Gasteiger partial charge in [-0.1, -0.05) is 26.7 Å². The van der Waals surface area contributed by atoms with Gasteiger partial charge in [-0.3, -0.25) is 15.0 Å². The van der Waals surface area contributed by atoms with Gasteiger partial charge in [0.05, 0.1) is 12.0 Å². The normalized spacial score (nSPS) is 28.4. The molecule has 7 N–H and O–H groups in total. The zero-order valence-corrected chi connectivity index (χ0v) is 13.9. The van der Waals surface area contributed by atoms with Gasteiger partial charge in [0.2, 0.25) is 5.91 Å². The lowest BCUT2D eigenvalue weighted by Crippen LogP contribution is -2.54. The molecule has 0 heterocycles. The number of aliphatic hydroxyl groups is 1. The van der Waals surface area contributed by atoms with Crippen molar-refractivity contribution in [2.45, 2.75) is 58.2 Å². The van der Waals surface area contributed by atoms with Crippen LogP contribution in [0.4, 0.5) is 0 Å². The Kier molecular flexibility index (Phi) is 6.80. The number of guanidine groups is 1. The van der Waals surface area contributed by atoms with Crippen LogP contribution in [0.25, 0.3) is 0 Å². The van der Waals surface area contributed by atoms with Crippen molar-refractivity contribution in [3.05, 3.63) is 0 Å². The quantitative estimate of drug-likeness (QED) is 0.283. The molecule has 1 amide bonds. The number of hydrogen-bond acceptors (Lipinski definition) is 4. The predicted octanol–water partition coefficient (Wildman–Crippen LogP) is -0.139. The van der Waals surface area contributed by atoms with E-state index in [1.807, 2.05) is 13.8 Å². The summed E-state index contributed by atoms with van der Waals surface area (Å²) in [7, 11) is 0. The van der Waals surface area contributed by atoms with Crippen molar-refractivity contribution in [2.75, 3.05) is 0 Å². The molecule has 8 heteroatoms. The second-order valence-corrected chi connectivity index (χ2v) is 6.22. The van der Waals surface area contributed by atoms with Gasteiger partial charge in [0.1, 0.15) is 0 Å². The lowest BCUT2D eigenvalue weighted by Gasteiger charge is -2.36. The van der Waals surface area contributed by atoms with Crippen LogP contribution in [0.2, 0.25) is 0 Å². The first-order chi connectivity index (χ1) is 10.7. The highest BCUT2D eigenvalue weighted by Crippen LogP contribution is 2.37. The SMILES string of the molecule is CCC(CC)[C@@H](NC(C)=O)[C@@H]1[C@H](O)[C@@H](C(=O)O)C[C@H]1NC(=N)N. The number of nitrogens with one attached hydrogen (secondary N) is 3. The third-order valence-electron chi connectivity index (χ3n) is 4.78. The van der Waals surface area contributed by atoms with Gasteiger partial charge >= 0.3 is 5.97 Å². The molecular formula is C15H28N4O4. The monoisotopic (exact) mass is 328 g/mol. The molecule has 1 fully saturated rings. The zero-order valence-electron chi connectivity index (χ0n) is 13.9. The van der Waals surface area contributed by atoms with Crippen LogP contribution < -0.4 is 16.4 Å². The standard InChI is InChI=1S/C15H28N4O4/c1-4-8(5-2)12(18-7(3)20)11-10(19-15(16)17)6-9(13(11)21)14(22)23/h8-13,21H,4-6H2,1-3H3,(H,18,20)(H,22,23)(H4,16,17,19)/t9-,10+,11+,12+,13+/m0/s1. The second-order valence-electron chi connectivity index (χ2n) is 6.22. The molecule has 1 aliphatic rings. The maximum absolute atomic E-state index is 11.6. The lowest BCUT2D eigenvalue weighted by molar-refractivity contribution is -0.145. The fourth-order valence-electron chi connectivity index (χ4n) is 3.70. The van der Waals surface area contributed by atoms with Gasteiger partial charge in [-0.05, 0) is 12.3 Å². The van der Waals surface area contributed by atoms with Crippen LogP contribution in [0.15, 0.2) is 0 Å². The third-order valence-corrected chi connectivity index (χ3v) is 4.78. The van der Waals surface area contributed by atoms with Gasteiger partial charge in [-0.15, -0.1) is 0 Å². The second kappa shape index (κ2) is 8.14. The van der Waals surface area contributed by atoms with Crippen molar-refractivity contribution in [3.63, 3.8) is 0 Å². The molecule has 0 aromatic heterocycles. The minimum Gasteiger partial charge on any atom is -0.481 e. The minimum atomic E-state index is -1.11. The smallest absolute Gasteiger partial charge is 0.309 e. The van der Waals surface area contributed by atoms with Crippen molar-refractivity contribution in [3.8, 4) is 0 Å². The molecule has 0 spiro atoms. The van der Waals surface area contributed by atoms with Crippen LogP contribution in [0.1, 0.15) is 40.0 Å². The number of carboxylic acids is 1. The van der Waals surface area contributed by atoms with E-state index >= 15 is 0 Å². The summed E-state index contributed by atoms with van der Waals surface area (Å²) in [5, 5.41) is 32.9. The first-order valence-corrected chi connectivity index (χ1v) is 8.01. The van der Waals surface area contributed by atoms with Crippen LogP contribution in [-0.2, 0) is 9.59 Å². The van der Waals surface area contributed by atoms with Crippen LogP contribution in [0.5, 0.6) is 0 Å². The first-order valence-electron chi connectivity index (χ1n) is 8.01. The van der Waals surface area contributed by atoms with E-state index in [9.17, 15) is 19.8 Å². The number of carbonyl (C=O) groups excluding carboxylic acids is 1. The van der Waals surface area contributed by atoms with Crippen molar-refractivity contribution >= 4 is 17.8 Å².